The van der Waals surface area contributed by atoms with E-state index in [1.165, 1.54) is 51.6 Å². The van der Waals surface area contributed by atoms with E-state index in [1.54, 1.807) is 0 Å². The van der Waals surface area contributed by atoms with Gasteiger partial charge in [-0.15, -0.1) is 0 Å². The first kappa shape index (κ1) is 15.1. The fraction of sp³-hybridized carbons (Fsp3) is 0.778. The molecule has 3 rings (SSSR count). The van der Waals surface area contributed by atoms with Gasteiger partial charge in [-0.05, 0) is 69.2 Å². The standard InChI is InChI=1S/C18H30N2O/c1-18(2)9-7-15(8-10-18)19-14-16(17-6-5-13-21-17)20-11-3-4-12-20/h5-6,13,15-16,19H,3-4,7-12,14H2,1-2H3. The summed E-state index contributed by atoms with van der Waals surface area (Å²) in [6.45, 7) is 8.26. The van der Waals surface area contributed by atoms with Gasteiger partial charge in [-0.2, -0.15) is 0 Å². The highest BCUT2D eigenvalue weighted by atomic mass is 16.3. The number of rotatable bonds is 5. The van der Waals surface area contributed by atoms with E-state index in [0.29, 0.717) is 17.5 Å². The summed E-state index contributed by atoms with van der Waals surface area (Å²) in [7, 11) is 0. The fourth-order valence-electron chi connectivity index (χ4n) is 3.83. The molecule has 1 aromatic rings. The molecule has 1 unspecified atom stereocenters. The Morgan fingerprint density at radius 1 is 1.29 bits per heavy atom. The van der Waals surface area contributed by atoms with Gasteiger partial charge < -0.3 is 9.73 Å². The quantitative estimate of drug-likeness (QED) is 0.889. The Morgan fingerprint density at radius 2 is 2.00 bits per heavy atom. The Bertz CT molecular complexity index is 410. The minimum atomic E-state index is 0.414. The SMILES string of the molecule is CC1(C)CCC(NCC(c2ccco2)N2CCCC2)CC1. The predicted molar refractivity (Wildman–Crippen MR) is 86.3 cm³/mol. The van der Waals surface area contributed by atoms with Crippen LogP contribution in [-0.4, -0.2) is 30.6 Å². The molecule has 1 N–H and O–H groups in total. The van der Waals surface area contributed by atoms with Crippen molar-refractivity contribution in [3.8, 4) is 0 Å². The second kappa shape index (κ2) is 6.53. The van der Waals surface area contributed by atoms with Crippen molar-refractivity contribution in [2.45, 2.75) is 64.5 Å². The van der Waals surface area contributed by atoms with Gasteiger partial charge in [0.1, 0.15) is 5.76 Å². The van der Waals surface area contributed by atoms with E-state index in [9.17, 15) is 0 Å². The molecule has 0 amide bonds. The highest BCUT2D eigenvalue weighted by Crippen LogP contribution is 2.35. The van der Waals surface area contributed by atoms with E-state index in [1.807, 2.05) is 12.3 Å². The van der Waals surface area contributed by atoms with Gasteiger partial charge >= 0.3 is 0 Å². The van der Waals surface area contributed by atoms with Crippen LogP contribution in [0.4, 0.5) is 0 Å². The van der Waals surface area contributed by atoms with E-state index in [0.717, 1.165) is 12.3 Å². The van der Waals surface area contributed by atoms with Crippen LogP contribution in [0.2, 0.25) is 0 Å². The Hall–Kier alpha value is -0.800. The van der Waals surface area contributed by atoms with Gasteiger partial charge in [-0.3, -0.25) is 4.90 Å². The molecule has 0 aromatic carbocycles. The summed E-state index contributed by atoms with van der Waals surface area (Å²) in [5.41, 5.74) is 0.549. The first-order valence-corrected chi connectivity index (χ1v) is 8.65. The summed E-state index contributed by atoms with van der Waals surface area (Å²) < 4.78 is 5.70. The topological polar surface area (TPSA) is 28.4 Å². The van der Waals surface area contributed by atoms with E-state index in [-0.39, 0.29) is 0 Å². The third kappa shape index (κ3) is 3.89. The summed E-state index contributed by atoms with van der Waals surface area (Å²) in [4.78, 5) is 2.58. The lowest BCUT2D eigenvalue weighted by molar-refractivity contribution is 0.175. The lowest BCUT2D eigenvalue weighted by atomic mass is 9.75. The molecule has 21 heavy (non-hydrogen) atoms. The summed E-state index contributed by atoms with van der Waals surface area (Å²) in [5.74, 6) is 1.13. The molecule has 1 saturated carbocycles. The molecule has 1 saturated heterocycles. The number of nitrogens with one attached hydrogen (secondary N) is 1. The van der Waals surface area contributed by atoms with E-state index >= 15 is 0 Å². The largest absolute Gasteiger partial charge is 0.468 e. The predicted octanol–water partition coefficient (Wildman–Crippen LogP) is 3.97. The molecule has 1 atom stereocenters. The number of hydrogen-bond donors (Lipinski definition) is 1. The monoisotopic (exact) mass is 290 g/mol. The number of furan rings is 1. The van der Waals surface area contributed by atoms with Crippen LogP contribution >= 0.6 is 0 Å². The van der Waals surface area contributed by atoms with Crippen molar-refractivity contribution >= 4 is 0 Å². The molecule has 0 bridgehead atoms. The number of nitrogens with zero attached hydrogens (tertiary/aromatic N) is 1. The van der Waals surface area contributed by atoms with Crippen LogP contribution in [0.1, 0.15) is 64.2 Å². The third-order valence-corrected chi connectivity index (χ3v) is 5.39. The average molecular weight is 290 g/mol. The maximum absolute atomic E-state index is 5.70. The Balaban J connectivity index is 1.55. The average Bonchev–Trinajstić information content (AvgIpc) is 3.14. The van der Waals surface area contributed by atoms with Gasteiger partial charge in [0.25, 0.3) is 0 Å². The Labute approximate surface area is 129 Å². The molecule has 0 radical (unpaired) electrons. The zero-order valence-corrected chi connectivity index (χ0v) is 13.6. The molecule has 2 aliphatic rings. The van der Waals surface area contributed by atoms with Crippen molar-refractivity contribution in [1.29, 1.82) is 0 Å². The Morgan fingerprint density at radius 3 is 2.62 bits per heavy atom. The van der Waals surface area contributed by atoms with Crippen LogP contribution < -0.4 is 5.32 Å². The van der Waals surface area contributed by atoms with Crippen molar-refractivity contribution in [1.82, 2.24) is 10.2 Å². The van der Waals surface area contributed by atoms with Gasteiger partial charge in [0.15, 0.2) is 0 Å². The van der Waals surface area contributed by atoms with Crippen LogP contribution in [0.3, 0.4) is 0 Å². The molecule has 3 nitrogen and oxygen atoms in total. The maximum atomic E-state index is 5.70. The molecule has 0 spiro atoms. The van der Waals surface area contributed by atoms with E-state index in [4.69, 9.17) is 4.42 Å². The lowest BCUT2D eigenvalue weighted by Gasteiger charge is -2.36. The second-order valence-electron chi connectivity index (χ2n) is 7.62. The number of hydrogen-bond acceptors (Lipinski definition) is 3. The zero-order valence-electron chi connectivity index (χ0n) is 13.6. The van der Waals surface area contributed by atoms with Crippen molar-refractivity contribution in [3.63, 3.8) is 0 Å². The molecular weight excluding hydrogens is 260 g/mol. The van der Waals surface area contributed by atoms with Crippen molar-refractivity contribution in [2.75, 3.05) is 19.6 Å². The van der Waals surface area contributed by atoms with Crippen LogP contribution in [0.15, 0.2) is 22.8 Å². The summed E-state index contributed by atoms with van der Waals surface area (Å²) in [6.07, 6.45) is 9.79. The van der Waals surface area contributed by atoms with Gasteiger partial charge in [0.2, 0.25) is 0 Å². The molecule has 118 valence electrons. The normalized spacial score (nSPS) is 25.2. The van der Waals surface area contributed by atoms with Crippen LogP contribution in [0.5, 0.6) is 0 Å². The summed E-state index contributed by atoms with van der Waals surface area (Å²) in [6, 6.07) is 5.26. The summed E-state index contributed by atoms with van der Waals surface area (Å²) >= 11 is 0. The highest BCUT2D eigenvalue weighted by molar-refractivity contribution is 5.06. The van der Waals surface area contributed by atoms with Crippen molar-refractivity contribution in [2.24, 2.45) is 5.41 Å². The molecule has 1 aromatic heterocycles. The van der Waals surface area contributed by atoms with Gasteiger partial charge in [-0.25, -0.2) is 0 Å². The maximum Gasteiger partial charge on any atom is 0.122 e. The minimum Gasteiger partial charge on any atom is -0.468 e. The molecule has 1 aliphatic carbocycles. The molecule has 2 fully saturated rings. The van der Waals surface area contributed by atoms with Crippen LogP contribution in [-0.2, 0) is 0 Å². The van der Waals surface area contributed by atoms with Crippen LogP contribution in [0.25, 0.3) is 0 Å². The first-order chi connectivity index (χ1) is 10.1. The van der Waals surface area contributed by atoms with Gasteiger partial charge in [0.05, 0.1) is 12.3 Å². The fourth-order valence-corrected chi connectivity index (χ4v) is 3.83. The highest BCUT2D eigenvalue weighted by Gasteiger charge is 2.29. The second-order valence-corrected chi connectivity index (χ2v) is 7.62. The third-order valence-electron chi connectivity index (χ3n) is 5.39. The van der Waals surface area contributed by atoms with Crippen molar-refractivity contribution in [3.05, 3.63) is 24.2 Å². The molecular formula is C18H30N2O. The Kier molecular flexibility index (Phi) is 4.70. The van der Waals surface area contributed by atoms with E-state index < -0.39 is 0 Å². The molecule has 1 aliphatic heterocycles. The summed E-state index contributed by atoms with van der Waals surface area (Å²) in [5, 5.41) is 3.82. The van der Waals surface area contributed by atoms with Crippen LogP contribution in [0, 0.1) is 5.41 Å². The molecule has 3 heteroatoms. The smallest absolute Gasteiger partial charge is 0.122 e. The van der Waals surface area contributed by atoms with E-state index in [2.05, 4.69) is 30.1 Å². The minimum absolute atomic E-state index is 0.414. The molecule has 2 heterocycles. The van der Waals surface area contributed by atoms with Gasteiger partial charge in [0, 0.05) is 12.6 Å². The zero-order chi connectivity index (χ0) is 14.7. The number of likely N-dealkylation sites (tertiary alicyclic amines) is 1. The lowest BCUT2D eigenvalue weighted by Crippen LogP contribution is -2.41. The first-order valence-electron chi connectivity index (χ1n) is 8.65. The van der Waals surface area contributed by atoms with Gasteiger partial charge in [-0.1, -0.05) is 13.8 Å². The van der Waals surface area contributed by atoms with Crippen molar-refractivity contribution < 1.29 is 4.42 Å².